The van der Waals surface area contributed by atoms with Crippen molar-refractivity contribution in [2.75, 3.05) is 20.3 Å². The van der Waals surface area contributed by atoms with E-state index < -0.39 is 4.92 Å². The van der Waals surface area contributed by atoms with Crippen molar-refractivity contribution in [1.82, 2.24) is 4.90 Å². The fourth-order valence-electron chi connectivity index (χ4n) is 3.54. The number of ether oxygens (including phenoxy) is 2. The van der Waals surface area contributed by atoms with Gasteiger partial charge in [0.25, 0.3) is 5.91 Å². The van der Waals surface area contributed by atoms with E-state index in [1.54, 1.807) is 25.0 Å². The van der Waals surface area contributed by atoms with Gasteiger partial charge in [-0.3, -0.25) is 14.9 Å². The summed E-state index contributed by atoms with van der Waals surface area (Å²) in [4.78, 5) is 25.8. The Balaban J connectivity index is 1.95. The van der Waals surface area contributed by atoms with Crippen molar-refractivity contribution < 1.29 is 19.2 Å². The number of carbonyl (C=O) groups excluding carboxylic acids is 1. The van der Waals surface area contributed by atoms with E-state index >= 15 is 0 Å². The molecule has 28 heavy (non-hydrogen) atoms. The lowest BCUT2D eigenvalue weighted by Crippen LogP contribution is -2.30. The van der Waals surface area contributed by atoms with Crippen molar-refractivity contribution in [3.8, 4) is 11.5 Å². The molecule has 0 bridgehead atoms. The number of halogens is 1. The molecule has 2 aromatic rings. The summed E-state index contributed by atoms with van der Waals surface area (Å²) in [5.74, 6) is 0.636. The number of carbonyl (C=O) groups is 1. The quantitative estimate of drug-likeness (QED) is 0.470. The van der Waals surface area contributed by atoms with Crippen LogP contribution in [0.4, 0.5) is 5.69 Å². The van der Waals surface area contributed by atoms with Crippen LogP contribution in [0.3, 0.4) is 0 Å². The predicted molar refractivity (Wildman–Crippen MR) is 108 cm³/mol. The summed E-state index contributed by atoms with van der Waals surface area (Å²) < 4.78 is 11.7. The van der Waals surface area contributed by atoms with Gasteiger partial charge in [0.2, 0.25) is 0 Å². The van der Waals surface area contributed by atoms with Crippen molar-refractivity contribution >= 4 is 27.5 Å². The van der Waals surface area contributed by atoms with E-state index in [1.165, 1.54) is 12.1 Å². The first-order chi connectivity index (χ1) is 13.5. The summed E-state index contributed by atoms with van der Waals surface area (Å²) in [7, 11) is 1.60. The Morgan fingerprint density at radius 2 is 2.04 bits per heavy atom. The molecule has 1 aliphatic heterocycles. The van der Waals surface area contributed by atoms with Crippen LogP contribution in [0.1, 0.15) is 41.7 Å². The number of hydrogen-bond donors (Lipinski definition) is 0. The Morgan fingerprint density at radius 1 is 1.29 bits per heavy atom. The molecule has 148 valence electrons. The third-order valence-corrected chi connectivity index (χ3v) is 5.26. The SMILES string of the molecule is CCOc1ccc(C(=O)N2CCC[C@@H]2c2cc(Br)ccc2OC)cc1[N+](=O)[O-]. The molecule has 0 saturated carbocycles. The molecule has 0 aromatic heterocycles. The number of rotatable bonds is 6. The van der Waals surface area contributed by atoms with Crippen LogP contribution in [0, 0.1) is 10.1 Å². The van der Waals surface area contributed by atoms with Crippen molar-refractivity contribution in [1.29, 1.82) is 0 Å². The molecule has 7 nitrogen and oxygen atoms in total. The van der Waals surface area contributed by atoms with Crippen LogP contribution in [0.5, 0.6) is 11.5 Å². The first-order valence-electron chi connectivity index (χ1n) is 9.02. The van der Waals surface area contributed by atoms with Gasteiger partial charge < -0.3 is 14.4 Å². The standard InChI is InChI=1S/C20H21BrN2O5/c1-3-28-19-8-6-13(11-17(19)23(25)26)20(24)22-10-4-5-16(22)15-12-14(21)7-9-18(15)27-2/h6-9,11-12,16H,3-5,10H2,1-2H3/t16-/m1/s1. The Morgan fingerprint density at radius 3 is 2.71 bits per heavy atom. The van der Waals surface area contributed by atoms with Gasteiger partial charge in [-0.1, -0.05) is 15.9 Å². The molecule has 8 heteroatoms. The minimum absolute atomic E-state index is 0.148. The average molecular weight is 449 g/mol. The maximum atomic E-state index is 13.2. The molecule has 0 spiro atoms. The molecule has 1 atom stereocenters. The smallest absolute Gasteiger partial charge is 0.311 e. The third kappa shape index (κ3) is 3.96. The van der Waals surface area contributed by atoms with Crippen LogP contribution in [-0.4, -0.2) is 36.0 Å². The number of likely N-dealkylation sites (tertiary alicyclic amines) is 1. The van der Waals surface area contributed by atoms with Gasteiger partial charge in [-0.2, -0.15) is 0 Å². The molecule has 0 unspecified atom stereocenters. The molecule has 0 radical (unpaired) electrons. The van der Waals surface area contributed by atoms with Gasteiger partial charge in [0.05, 0.1) is 24.7 Å². The molecule has 1 fully saturated rings. The van der Waals surface area contributed by atoms with E-state index in [-0.39, 0.29) is 28.9 Å². The topological polar surface area (TPSA) is 81.9 Å². The summed E-state index contributed by atoms with van der Waals surface area (Å²) in [6, 6.07) is 9.91. The summed E-state index contributed by atoms with van der Waals surface area (Å²) >= 11 is 3.47. The van der Waals surface area contributed by atoms with E-state index in [2.05, 4.69) is 15.9 Å². The van der Waals surface area contributed by atoms with E-state index in [9.17, 15) is 14.9 Å². The van der Waals surface area contributed by atoms with Crippen LogP contribution in [-0.2, 0) is 0 Å². The summed E-state index contributed by atoms with van der Waals surface area (Å²) in [5.41, 5.74) is 0.989. The van der Waals surface area contributed by atoms with Crippen molar-refractivity contribution in [3.63, 3.8) is 0 Å². The number of nitro benzene ring substituents is 1. The fraction of sp³-hybridized carbons (Fsp3) is 0.350. The van der Waals surface area contributed by atoms with Crippen LogP contribution in [0.25, 0.3) is 0 Å². The summed E-state index contributed by atoms with van der Waals surface area (Å²) in [5, 5.41) is 11.4. The zero-order chi connectivity index (χ0) is 20.3. The highest BCUT2D eigenvalue weighted by molar-refractivity contribution is 9.10. The third-order valence-electron chi connectivity index (χ3n) is 4.77. The molecule has 1 heterocycles. The molecule has 2 aromatic carbocycles. The van der Waals surface area contributed by atoms with E-state index in [4.69, 9.17) is 9.47 Å². The molecular formula is C20H21BrN2O5. The highest BCUT2D eigenvalue weighted by Crippen LogP contribution is 2.39. The molecule has 1 aliphatic rings. The van der Waals surface area contributed by atoms with Crippen LogP contribution in [0.15, 0.2) is 40.9 Å². The lowest BCUT2D eigenvalue weighted by molar-refractivity contribution is -0.385. The molecule has 0 aliphatic carbocycles. The summed E-state index contributed by atoms with van der Waals surface area (Å²) in [6.45, 7) is 2.65. The minimum Gasteiger partial charge on any atom is -0.496 e. The largest absolute Gasteiger partial charge is 0.496 e. The van der Waals surface area contributed by atoms with E-state index in [0.29, 0.717) is 18.9 Å². The van der Waals surface area contributed by atoms with Crippen LogP contribution < -0.4 is 9.47 Å². The van der Waals surface area contributed by atoms with Gasteiger partial charge in [0.1, 0.15) is 5.75 Å². The van der Waals surface area contributed by atoms with Crippen molar-refractivity contribution in [2.45, 2.75) is 25.8 Å². The maximum absolute atomic E-state index is 13.2. The fourth-order valence-corrected chi connectivity index (χ4v) is 3.91. The zero-order valence-electron chi connectivity index (χ0n) is 15.7. The van der Waals surface area contributed by atoms with E-state index in [0.717, 1.165) is 22.9 Å². The highest BCUT2D eigenvalue weighted by Gasteiger charge is 2.33. The second-order valence-electron chi connectivity index (χ2n) is 6.42. The highest BCUT2D eigenvalue weighted by atomic mass is 79.9. The number of nitro groups is 1. The number of nitrogens with zero attached hydrogens (tertiary/aromatic N) is 2. The van der Waals surface area contributed by atoms with Gasteiger partial charge >= 0.3 is 5.69 Å². The lowest BCUT2D eigenvalue weighted by atomic mass is 10.0. The molecule has 1 amide bonds. The van der Waals surface area contributed by atoms with Gasteiger partial charge in [0.15, 0.2) is 5.75 Å². The second-order valence-corrected chi connectivity index (χ2v) is 7.33. The van der Waals surface area contributed by atoms with Crippen molar-refractivity contribution in [3.05, 3.63) is 62.1 Å². The number of benzene rings is 2. The van der Waals surface area contributed by atoms with E-state index in [1.807, 2.05) is 18.2 Å². The van der Waals surface area contributed by atoms with Crippen molar-refractivity contribution in [2.24, 2.45) is 0 Å². The number of methoxy groups -OCH3 is 1. The molecule has 0 N–H and O–H groups in total. The van der Waals surface area contributed by atoms with Crippen LogP contribution >= 0.6 is 15.9 Å². The molecule has 3 rings (SSSR count). The average Bonchev–Trinajstić information content (AvgIpc) is 3.17. The van der Waals surface area contributed by atoms with Gasteiger partial charge in [-0.15, -0.1) is 0 Å². The number of amides is 1. The normalized spacial score (nSPS) is 16.1. The second kappa shape index (κ2) is 8.60. The first-order valence-corrected chi connectivity index (χ1v) is 9.81. The van der Waals surface area contributed by atoms with Gasteiger partial charge in [-0.25, -0.2) is 0 Å². The lowest BCUT2D eigenvalue weighted by Gasteiger charge is -2.26. The Labute approximate surface area is 171 Å². The van der Waals surface area contributed by atoms with Crippen LogP contribution in [0.2, 0.25) is 0 Å². The predicted octanol–water partition coefficient (Wildman–Crippen LogP) is 4.74. The monoisotopic (exact) mass is 448 g/mol. The zero-order valence-corrected chi connectivity index (χ0v) is 17.3. The Hall–Kier alpha value is -2.61. The first kappa shape index (κ1) is 20.1. The van der Waals surface area contributed by atoms with Gasteiger partial charge in [-0.05, 0) is 50.1 Å². The molecule has 1 saturated heterocycles. The minimum atomic E-state index is -0.527. The molecular weight excluding hydrogens is 428 g/mol. The Kier molecular flexibility index (Phi) is 6.18. The maximum Gasteiger partial charge on any atom is 0.311 e. The summed E-state index contributed by atoms with van der Waals surface area (Å²) in [6.07, 6.45) is 1.66. The number of hydrogen-bond acceptors (Lipinski definition) is 5. The van der Waals surface area contributed by atoms with Gasteiger partial charge in [0, 0.05) is 28.2 Å². The Bertz CT molecular complexity index is 902.